The average Bonchev–Trinajstić information content (AvgIpc) is 2.92. The molecular formula is C14H16N2O2. The second-order valence-electron chi connectivity index (χ2n) is 3.97. The molecule has 0 bridgehead atoms. The maximum Gasteiger partial charge on any atom is 0.335 e. The second-order valence-corrected chi connectivity index (χ2v) is 3.97. The van der Waals surface area contributed by atoms with Gasteiger partial charge in [0, 0.05) is 12.4 Å². The van der Waals surface area contributed by atoms with E-state index in [0.29, 0.717) is 6.61 Å². The topological polar surface area (TPSA) is 44.1 Å². The number of carbonyl (C=O) groups is 1. The van der Waals surface area contributed by atoms with E-state index >= 15 is 0 Å². The molecule has 0 spiro atoms. The molecule has 2 aromatic rings. The van der Waals surface area contributed by atoms with Gasteiger partial charge in [-0.2, -0.15) is 5.10 Å². The summed E-state index contributed by atoms with van der Waals surface area (Å²) < 4.78 is 6.85. The molecule has 1 aromatic carbocycles. The van der Waals surface area contributed by atoms with Crippen LogP contribution >= 0.6 is 0 Å². The van der Waals surface area contributed by atoms with Gasteiger partial charge in [0.05, 0.1) is 6.61 Å². The number of ether oxygens (including phenoxy) is 1. The van der Waals surface area contributed by atoms with E-state index in [1.54, 1.807) is 23.1 Å². The van der Waals surface area contributed by atoms with Crippen molar-refractivity contribution in [3.63, 3.8) is 0 Å². The van der Waals surface area contributed by atoms with Crippen molar-refractivity contribution >= 4 is 5.97 Å². The number of benzene rings is 1. The Kier molecular flexibility index (Phi) is 4.12. The molecule has 1 heterocycles. The van der Waals surface area contributed by atoms with E-state index in [1.807, 2.05) is 37.3 Å². The SMILES string of the molecule is CCCOC(=O)[C@@H](c1ccccc1)n1cccn1. The Hall–Kier alpha value is -2.10. The molecule has 0 amide bonds. The molecule has 0 N–H and O–H groups in total. The molecule has 2 rings (SSSR count). The summed E-state index contributed by atoms with van der Waals surface area (Å²) in [5, 5.41) is 4.14. The van der Waals surface area contributed by atoms with Crippen molar-refractivity contribution in [3.8, 4) is 0 Å². The Bertz CT molecular complexity index is 480. The van der Waals surface area contributed by atoms with E-state index in [1.165, 1.54) is 0 Å². The Morgan fingerprint density at radius 1 is 1.33 bits per heavy atom. The van der Waals surface area contributed by atoms with Crippen LogP contribution in [0.25, 0.3) is 0 Å². The van der Waals surface area contributed by atoms with Gasteiger partial charge in [0.25, 0.3) is 0 Å². The van der Waals surface area contributed by atoms with Crippen LogP contribution < -0.4 is 0 Å². The highest BCUT2D eigenvalue weighted by Gasteiger charge is 2.23. The van der Waals surface area contributed by atoms with Crippen LogP contribution in [0.5, 0.6) is 0 Å². The average molecular weight is 244 g/mol. The lowest BCUT2D eigenvalue weighted by Crippen LogP contribution is -2.23. The summed E-state index contributed by atoms with van der Waals surface area (Å²) in [6.45, 7) is 2.40. The molecule has 0 saturated carbocycles. The molecule has 0 unspecified atom stereocenters. The first-order chi connectivity index (χ1) is 8.83. The third-order valence-electron chi connectivity index (χ3n) is 2.58. The first-order valence-corrected chi connectivity index (χ1v) is 6.03. The van der Waals surface area contributed by atoms with Crippen molar-refractivity contribution in [2.75, 3.05) is 6.61 Å². The molecule has 4 nitrogen and oxygen atoms in total. The first kappa shape index (κ1) is 12.4. The van der Waals surface area contributed by atoms with Gasteiger partial charge in [-0.15, -0.1) is 0 Å². The zero-order chi connectivity index (χ0) is 12.8. The van der Waals surface area contributed by atoms with Crippen LogP contribution in [0.15, 0.2) is 48.8 Å². The number of rotatable bonds is 5. The third-order valence-corrected chi connectivity index (χ3v) is 2.58. The molecular weight excluding hydrogens is 228 g/mol. The Morgan fingerprint density at radius 2 is 2.11 bits per heavy atom. The molecule has 1 aromatic heterocycles. The lowest BCUT2D eigenvalue weighted by molar-refractivity contribution is -0.146. The van der Waals surface area contributed by atoms with Crippen molar-refractivity contribution in [1.29, 1.82) is 0 Å². The zero-order valence-electron chi connectivity index (χ0n) is 10.3. The summed E-state index contributed by atoms with van der Waals surface area (Å²) in [6.07, 6.45) is 4.24. The van der Waals surface area contributed by atoms with Crippen LogP contribution in [-0.4, -0.2) is 22.4 Å². The Balaban J connectivity index is 2.27. The van der Waals surface area contributed by atoms with Crippen molar-refractivity contribution < 1.29 is 9.53 Å². The molecule has 0 aliphatic carbocycles. The highest BCUT2D eigenvalue weighted by Crippen LogP contribution is 2.18. The molecule has 1 atom stereocenters. The van der Waals surface area contributed by atoms with E-state index in [-0.39, 0.29) is 5.97 Å². The minimum Gasteiger partial charge on any atom is -0.464 e. The van der Waals surface area contributed by atoms with E-state index in [4.69, 9.17) is 4.74 Å². The standard InChI is InChI=1S/C14H16N2O2/c1-2-11-18-14(17)13(16-10-6-9-15-16)12-7-4-3-5-8-12/h3-10,13H,2,11H2,1H3/t13-/m1/s1. The zero-order valence-corrected chi connectivity index (χ0v) is 10.3. The predicted octanol–water partition coefficient (Wildman–Crippen LogP) is 2.43. The van der Waals surface area contributed by atoms with Gasteiger partial charge in [-0.3, -0.25) is 4.68 Å². The molecule has 0 radical (unpaired) electrons. The second kappa shape index (κ2) is 6.00. The maximum atomic E-state index is 12.1. The molecule has 0 saturated heterocycles. The summed E-state index contributed by atoms with van der Waals surface area (Å²) in [5.74, 6) is -0.272. The normalized spacial score (nSPS) is 12.1. The summed E-state index contributed by atoms with van der Waals surface area (Å²) in [6, 6.07) is 10.8. The highest BCUT2D eigenvalue weighted by molar-refractivity contribution is 5.77. The monoisotopic (exact) mass is 244 g/mol. The molecule has 4 heteroatoms. The summed E-state index contributed by atoms with van der Waals surface area (Å²) >= 11 is 0. The van der Waals surface area contributed by atoms with Crippen molar-refractivity contribution in [3.05, 3.63) is 54.4 Å². The molecule has 0 aliphatic rings. The highest BCUT2D eigenvalue weighted by atomic mass is 16.5. The largest absolute Gasteiger partial charge is 0.464 e. The van der Waals surface area contributed by atoms with E-state index < -0.39 is 6.04 Å². The smallest absolute Gasteiger partial charge is 0.335 e. The van der Waals surface area contributed by atoms with Crippen LogP contribution in [0.1, 0.15) is 24.9 Å². The fourth-order valence-electron chi connectivity index (χ4n) is 1.75. The lowest BCUT2D eigenvalue weighted by atomic mass is 10.1. The fourth-order valence-corrected chi connectivity index (χ4v) is 1.75. The fraction of sp³-hybridized carbons (Fsp3) is 0.286. The van der Waals surface area contributed by atoms with Crippen LogP contribution in [0.2, 0.25) is 0 Å². The Labute approximate surface area is 106 Å². The molecule has 94 valence electrons. The first-order valence-electron chi connectivity index (χ1n) is 6.03. The quantitative estimate of drug-likeness (QED) is 0.759. The third kappa shape index (κ3) is 2.77. The lowest BCUT2D eigenvalue weighted by Gasteiger charge is -2.16. The Morgan fingerprint density at radius 3 is 2.72 bits per heavy atom. The number of nitrogens with zero attached hydrogens (tertiary/aromatic N) is 2. The predicted molar refractivity (Wildman–Crippen MR) is 68.1 cm³/mol. The van der Waals surface area contributed by atoms with E-state index in [2.05, 4.69) is 5.10 Å². The molecule has 0 fully saturated rings. The van der Waals surface area contributed by atoms with Gasteiger partial charge < -0.3 is 4.74 Å². The number of aromatic nitrogens is 2. The summed E-state index contributed by atoms with van der Waals surface area (Å²) in [5.41, 5.74) is 0.877. The van der Waals surface area contributed by atoms with Crippen molar-refractivity contribution in [2.24, 2.45) is 0 Å². The van der Waals surface area contributed by atoms with Crippen LogP contribution in [0, 0.1) is 0 Å². The van der Waals surface area contributed by atoms with Crippen LogP contribution in [-0.2, 0) is 9.53 Å². The van der Waals surface area contributed by atoms with Crippen molar-refractivity contribution in [1.82, 2.24) is 9.78 Å². The minimum absolute atomic E-state index is 0.272. The van der Waals surface area contributed by atoms with Crippen LogP contribution in [0.3, 0.4) is 0 Å². The van der Waals surface area contributed by atoms with Gasteiger partial charge in [-0.1, -0.05) is 37.3 Å². The summed E-state index contributed by atoms with van der Waals surface area (Å²) in [7, 11) is 0. The van der Waals surface area contributed by atoms with Gasteiger partial charge >= 0.3 is 5.97 Å². The van der Waals surface area contributed by atoms with Crippen LogP contribution in [0.4, 0.5) is 0 Å². The number of carbonyl (C=O) groups excluding carboxylic acids is 1. The molecule has 0 aliphatic heterocycles. The van der Waals surface area contributed by atoms with E-state index in [9.17, 15) is 4.79 Å². The van der Waals surface area contributed by atoms with Crippen molar-refractivity contribution in [2.45, 2.75) is 19.4 Å². The maximum absolute atomic E-state index is 12.1. The van der Waals surface area contributed by atoms with Gasteiger partial charge in [0.15, 0.2) is 6.04 Å². The number of hydrogen-bond acceptors (Lipinski definition) is 3. The van der Waals surface area contributed by atoms with Gasteiger partial charge in [-0.05, 0) is 18.1 Å². The molecule has 18 heavy (non-hydrogen) atoms. The van der Waals surface area contributed by atoms with E-state index in [0.717, 1.165) is 12.0 Å². The minimum atomic E-state index is -0.507. The number of esters is 1. The van der Waals surface area contributed by atoms with Gasteiger partial charge in [0.2, 0.25) is 0 Å². The summed E-state index contributed by atoms with van der Waals surface area (Å²) in [4.78, 5) is 12.1. The van der Waals surface area contributed by atoms with Gasteiger partial charge in [0.1, 0.15) is 0 Å². The number of hydrogen-bond donors (Lipinski definition) is 0. The van der Waals surface area contributed by atoms with Gasteiger partial charge in [-0.25, -0.2) is 4.79 Å².